The highest BCUT2D eigenvalue weighted by molar-refractivity contribution is 7.40. The van der Waals surface area contributed by atoms with Crippen molar-refractivity contribution in [3.63, 3.8) is 0 Å². The normalized spacial score (nSPS) is 13.1. The van der Waals surface area contributed by atoms with Gasteiger partial charge in [0.15, 0.2) is 0 Å². The molecular formula is C14H34Si2. The molecule has 0 aliphatic carbocycles. The summed E-state index contributed by atoms with van der Waals surface area (Å²) in [6.07, 6.45) is 8.66. The van der Waals surface area contributed by atoms with Crippen LogP contribution in [0.2, 0.25) is 38.3 Å². The minimum absolute atomic E-state index is 0.879. The Morgan fingerprint density at radius 2 is 0.875 bits per heavy atom. The molecule has 0 aliphatic heterocycles. The molecule has 2 heteroatoms. The van der Waals surface area contributed by atoms with E-state index in [1.165, 1.54) is 38.5 Å². The lowest BCUT2D eigenvalue weighted by molar-refractivity contribution is 0.758. The Kier molecular flexibility index (Phi) is 7.91. The maximum Gasteiger partial charge on any atom is 0.0412 e. The van der Waals surface area contributed by atoms with Crippen LogP contribution in [0.25, 0.3) is 0 Å². The van der Waals surface area contributed by atoms with E-state index in [0.29, 0.717) is 0 Å². The summed E-state index contributed by atoms with van der Waals surface area (Å²) in [6.45, 7) is 15.3. The second-order valence-electron chi connectivity index (χ2n) is 6.68. The van der Waals surface area contributed by atoms with Crippen molar-refractivity contribution in [3.05, 3.63) is 0 Å². The maximum absolute atomic E-state index is 2.67. The molecule has 0 aromatic carbocycles. The van der Waals surface area contributed by atoms with Crippen LogP contribution < -0.4 is 0 Å². The van der Waals surface area contributed by atoms with Gasteiger partial charge >= 0.3 is 0 Å². The Hall–Kier alpha value is 0.434. The van der Waals surface area contributed by atoms with Crippen molar-refractivity contribution >= 4 is 15.2 Å². The molecule has 0 heterocycles. The van der Waals surface area contributed by atoms with Crippen LogP contribution in [-0.4, -0.2) is 15.2 Å². The fourth-order valence-electron chi connectivity index (χ4n) is 2.31. The zero-order chi connectivity index (χ0) is 12.7. The van der Waals surface area contributed by atoms with Crippen LogP contribution in [0.5, 0.6) is 0 Å². The molecule has 0 saturated heterocycles. The quantitative estimate of drug-likeness (QED) is 0.359. The van der Waals surface area contributed by atoms with Crippen molar-refractivity contribution in [1.29, 1.82) is 0 Å². The average Bonchev–Trinajstić information content (AvgIpc) is 2.18. The Labute approximate surface area is 106 Å². The minimum Gasteiger partial charge on any atom is -0.0713 e. The first-order valence-electron chi connectivity index (χ1n) is 7.37. The van der Waals surface area contributed by atoms with E-state index in [9.17, 15) is 0 Å². The highest BCUT2D eigenvalue weighted by Crippen LogP contribution is 2.30. The first-order valence-corrected chi connectivity index (χ1v) is 14.8. The number of unbranched alkanes of at least 4 members (excludes halogenated alkanes) is 4. The fraction of sp³-hybridized carbons (Fsp3) is 1.00. The van der Waals surface area contributed by atoms with Crippen molar-refractivity contribution in [2.24, 2.45) is 0 Å². The summed E-state index contributed by atoms with van der Waals surface area (Å²) in [5.74, 6) is 0. The molecule has 0 atom stereocenters. The molecule has 0 fully saturated rings. The first kappa shape index (κ1) is 16.4. The third-order valence-corrected chi connectivity index (χ3v) is 24.0. The second-order valence-corrected chi connectivity index (χ2v) is 23.3. The summed E-state index contributed by atoms with van der Waals surface area (Å²) in [5.41, 5.74) is 0. The van der Waals surface area contributed by atoms with Gasteiger partial charge in [-0.25, -0.2) is 0 Å². The molecule has 0 saturated carbocycles. The van der Waals surface area contributed by atoms with Crippen molar-refractivity contribution in [3.8, 4) is 0 Å². The molecule has 0 aliphatic rings. The highest BCUT2D eigenvalue weighted by atomic mass is 29.3. The summed E-state index contributed by atoms with van der Waals surface area (Å²) in [7, 11) is -1.76. The third-order valence-electron chi connectivity index (χ3n) is 4.64. The molecule has 16 heavy (non-hydrogen) atoms. The van der Waals surface area contributed by atoms with Gasteiger partial charge < -0.3 is 0 Å². The van der Waals surface area contributed by atoms with Crippen molar-refractivity contribution < 1.29 is 0 Å². The third kappa shape index (κ3) is 5.67. The predicted molar refractivity (Wildman–Crippen MR) is 83.6 cm³/mol. The van der Waals surface area contributed by atoms with Gasteiger partial charge in [0.05, 0.1) is 0 Å². The lowest BCUT2D eigenvalue weighted by Crippen LogP contribution is -2.54. The highest BCUT2D eigenvalue weighted by Gasteiger charge is 2.39. The van der Waals surface area contributed by atoms with Gasteiger partial charge in [-0.2, -0.15) is 0 Å². The van der Waals surface area contributed by atoms with Crippen LogP contribution in [0.4, 0.5) is 0 Å². The van der Waals surface area contributed by atoms with Crippen LogP contribution in [0.3, 0.4) is 0 Å². The summed E-state index contributed by atoms with van der Waals surface area (Å²) < 4.78 is 0. The second kappa shape index (κ2) is 7.70. The van der Waals surface area contributed by atoms with Crippen LogP contribution >= 0.6 is 0 Å². The van der Waals surface area contributed by atoms with E-state index in [0.717, 1.165) is 0 Å². The van der Waals surface area contributed by atoms with E-state index >= 15 is 0 Å². The summed E-state index contributed by atoms with van der Waals surface area (Å²) in [5, 5.41) is 0. The Morgan fingerprint density at radius 1 is 0.562 bits per heavy atom. The molecule has 0 nitrogen and oxygen atoms in total. The predicted octanol–water partition coefficient (Wildman–Crippen LogP) is 5.86. The molecule has 0 bridgehead atoms. The molecule has 0 radical (unpaired) electrons. The lowest BCUT2D eigenvalue weighted by Gasteiger charge is -2.39. The van der Waals surface area contributed by atoms with Gasteiger partial charge in [-0.15, -0.1) is 0 Å². The fourth-order valence-corrected chi connectivity index (χ4v) is 11.1. The molecular weight excluding hydrogens is 224 g/mol. The molecule has 0 aromatic rings. The van der Waals surface area contributed by atoms with Crippen molar-refractivity contribution in [2.45, 2.75) is 90.6 Å². The van der Waals surface area contributed by atoms with E-state index in [1.54, 1.807) is 12.1 Å². The summed E-state index contributed by atoms with van der Waals surface area (Å²) >= 11 is 0. The van der Waals surface area contributed by atoms with E-state index in [2.05, 4.69) is 40.0 Å². The monoisotopic (exact) mass is 258 g/mol. The molecule has 0 rings (SSSR count). The van der Waals surface area contributed by atoms with Crippen LogP contribution in [0, 0.1) is 0 Å². The molecule has 0 amide bonds. The van der Waals surface area contributed by atoms with E-state index in [1.807, 2.05) is 0 Å². The van der Waals surface area contributed by atoms with Crippen LogP contribution in [0.1, 0.15) is 52.4 Å². The van der Waals surface area contributed by atoms with Crippen molar-refractivity contribution in [1.82, 2.24) is 0 Å². The largest absolute Gasteiger partial charge is 0.0713 e. The zero-order valence-corrected chi connectivity index (χ0v) is 14.7. The van der Waals surface area contributed by atoms with Gasteiger partial charge in [0.2, 0.25) is 0 Å². The van der Waals surface area contributed by atoms with Gasteiger partial charge in [0, 0.05) is 15.2 Å². The Bertz CT molecular complexity index is 154. The molecule has 0 unspecified atom stereocenters. The Morgan fingerprint density at radius 3 is 1.12 bits per heavy atom. The maximum atomic E-state index is 2.67. The minimum atomic E-state index is -0.879. The van der Waals surface area contributed by atoms with Gasteiger partial charge in [-0.1, -0.05) is 90.6 Å². The molecule has 98 valence electrons. The van der Waals surface area contributed by atoms with Gasteiger partial charge in [0.1, 0.15) is 0 Å². The van der Waals surface area contributed by atoms with Gasteiger partial charge in [-0.05, 0) is 0 Å². The number of hydrogen-bond acceptors (Lipinski definition) is 0. The van der Waals surface area contributed by atoms with Gasteiger partial charge in [0.25, 0.3) is 0 Å². The SMILES string of the molecule is CCCCC[Si](C)(C)[Si](C)(C)CCCCC. The molecule has 0 spiro atoms. The smallest absolute Gasteiger partial charge is 0.0412 e. The van der Waals surface area contributed by atoms with Crippen LogP contribution in [0.15, 0.2) is 0 Å². The Balaban J connectivity index is 4.11. The summed E-state index contributed by atoms with van der Waals surface area (Å²) in [6, 6.07) is 3.18. The topological polar surface area (TPSA) is 0 Å². The zero-order valence-electron chi connectivity index (χ0n) is 12.7. The first-order chi connectivity index (χ1) is 7.37. The lowest BCUT2D eigenvalue weighted by atomic mass is 10.3. The van der Waals surface area contributed by atoms with E-state index in [4.69, 9.17) is 0 Å². The van der Waals surface area contributed by atoms with E-state index in [-0.39, 0.29) is 0 Å². The van der Waals surface area contributed by atoms with Crippen LogP contribution in [-0.2, 0) is 0 Å². The molecule has 0 aromatic heterocycles. The average molecular weight is 259 g/mol. The number of rotatable bonds is 9. The molecule has 0 N–H and O–H groups in total. The summed E-state index contributed by atoms with van der Waals surface area (Å²) in [4.78, 5) is 0. The number of hydrogen-bond donors (Lipinski definition) is 0. The van der Waals surface area contributed by atoms with Crippen molar-refractivity contribution in [2.75, 3.05) is 0 Å². The van der Waals surface area contributed by atoms with E-state index < -0.39 is 15.2 Å². The van der Waals surface area contributed by atoms with Gasteiger partial charge in [-0.3, -0.25) is 0 Å². The standard InChI is InChI=1S/C14H34Si2/c1-7-9-11-13-15(3,4)16(5,6)14-12-10-8-2/h7-14H2,1-6H3.